The van der Waals surface area contributed by atoms with E-state index in [0.29, 0.717) is 6.54 Å². The normalized spacial score (nSPS) is 21.9. The number of carbonyl (C=O) groups is 1. The van der Waals surface area contributed by atoms with Gasteiger partial charge in [0.1, 0.15) is 0 Å². The number of carbonyl (C=O) groups excluding carboxylic acids is 1. The second-order valence-electron chi connectivity index (χ2n) is 3.35. The van der Waals surface area contributed by atoms with Gasteiger partial charge in [0.15, 0.2) is 6.23 Å². The van der Waals surface area contributed by atoms with E-state index in [1.54, 1.807) is 19.2 Å². The second-order valence-corrected chi connectivity index (χ2v) is 3.35. The minimum absolute atomic E-state index is 0.163. The van der Waals surface area contributed by atoms with Gasteiger partial charge in [-0.3, -0.25) is 4.90 Å². The van der Waals surface area contributed by atoms with E-state index in [-0.39, 0.29) is 6.03 Å². The lowest BCUT2D eigenvalue weighted by atomic mass is 10.3. The fourth-order valence-electron chi connectivity index (χ4n) is 1.59. The first-order chi connectivity index (χ1) is 6.70. The van der Waals surface area contributed by atoms with Crippen molar-refractivity contribution in [3.8, 4) is 0 Å². The zero-order valence-corrected chi connectivity index (χ0v) is 7.92. The van der Waals surface area contributed by atoms with Crippen LogP contribution in [0.25, 0.3) is 0 Å². The van der Waals surface area contributed by atoms with Crippen LogP contribution in [0.5, 0.6) is 0 Å². The first kappa shape index (κ1) is 9.02. The van der Waals surface area contributed by atoms with Crippen LogP contribution in [-0.4, -0.2) is 35.9 Å². The Labute approximate surface area is 82.4 Å². The summed E-state index contributed by atoms with van der Waals surface area (Å²) in [6.07, 6.45) is -0.741. The summed E-state index contributed by atoms with van der Waals surface area (Å²) in [4.78, 5) is 14.5. The molecule has 1 N–H and O–H groups in total. The maximum Gasteiger partial charge on any atom is 0.326 e. The van der Waals surface area contributed by atoms with Crippen molar-refractivity contribution in [3.63, 3.8) is 0 Å². The van der Waals surface area contributed by atoms with E-state index in [2.05, 4.69) is 0 Å². The second kappa shape index (κ2) is 3.31. The van der Waals surface area contributed by atoms with Gasteiger partial charge in [-0.2, -0.15) is 0 Å². The van der Waals surface area contributed by atoms with E-state index >= 15 is 0 Å². The van der Waals surface area contributed by atoms with Crippen molar-refractivity contribution in [2.75, 3.05) is 18.5 Å². The molecule has 14 heavy (non-hydrogen) atoms. The van der Waals surface area contributed by atoms with Crippen molar-refractivity contribution >= 4 is 11.7 Å². The predicted molar refractivity (Wildman–Crippen MR) is 53.0 cm³/mol. The van der Waals surface area contributed by atoms with Crippen LogP contribution in [0.4, 0.5) is 10.5 Å². The summed E-state index contributed by atoms with van der Waals surface area (Å²) in [5.74, 6) is 0. The molecule has 0 spiro atoms. The summed E-state index contributed by atoms with van der Waals surface area (Å²) in [5, 5.41) is 9.65. The fourth-order valence-corrected chi connectivity index (χ4v) is 1.59. The van der Waals surface area contributed by atoms with Crippen molar-refractivity contribution in [1.82, 2.24) is 4.90 Å². The molecule has 1 saturated heterocycles. The van der Waals surface area contributed by atoms with Crippen LogP contribution in [0.1, 0.15) is 0 Å². The number of β-amino-alcohol motifs (C(OH)–C–C–N with tert-alkyl or cyclic N) is 1. The first-order valence-corrected chi connectivity index (χ1v) is 4.47. The first-order valence-electron chi connectivity index (χ1n) is 4.47. The number of rotatable bonds is 1. The van der Waals surface area contributed by atoms with E-state index < -0.39 is 6.23 Å². The third kappa shape index (κ3) is 1.33. The van der Waals surface area contributed by atoms with Gasteiger partial charge in [0, 0.05) is 12.7 Å². The number of anilines is 1. The van der Waals surface area contributed by atoms with Crippen LogP contribution < -0.4 is 4.90 Å². The van der Waals surface area contributed by atoms with Gasteiger partial charge in [0.2, 0.25) is 0 Å². The van der Waals surface area contributed by atoms with Gasteiger partial charge in [-0.1, -0.05) is 18.2 Å². The lowest BCUT2D eigenvalue weighted by molar-refractivity contribution is 0.183. The molecule has 4 nitrogen and oxygen atoms in total. The van der Waals surface area contributed by atoms with Crippen LogP contribution in [0.3, 0.4) is 0 Å². The quantitative estimate of drug-likeness (QED) is 0.717. The number of benzene rings is 1. The molecule has 0 saturated carbocycles. The molecule has 4 heteroatoms. The van der Waals surface area contributed by atoms with Crippen molar-refractivity contribution in [2.45, 2.75) is 6.23 Å². The Morgan fingerprint density at radius 2 is 2.00 bits per heavy atom. The van der Waals surface area contributed by atoms with E-state index in [0.717, 1.165) is 5.69 Å². The molecular weight excluding hydrogens is 180 g/mol. The minimum atomic E-state index is -0.741. The van der Waals surface area contributed by atoms with Crippen molar-refractivity contribution in [3.05, 3.63) is 30.3 Å². The van der Waals surface area contributed by atoms with Crippen molar-refractivity contribution in [2.24, 2.45) is 0 Å². The SMILES string of the molecule is CN1CC(O)N(c2ccccc2)C1=O. The number of amides is 2. The Morgan fingerprint density at radius 3 is 2.50 bits per heavy atom. The maximum absolute atomic E-state index is 11.6. The molecule has 0 aliphatic carbocycles. The molecule has 1 aliphatic heterocycles. The molecule has 0 bridgehead atoms. The van der Waals surface area contributed by atoms with Gasteiger partial charge in [0.05, 0.1) is 6.54 Å². The lowest BCUT2D eigenvalue weighted by Gasteiger charge is -2.18. The standard InChI is InChI=1S/C10H12N2O2/c1-11-7-9(13)12(10(11)14)8-5-3-2-4-6-8/h2-6,9,13H,7H2,1H3. The van der Waals surface area contributed by atoms with Gasteiger partial charge in [-0.25, -0.2) is 4.79 Å². The summed E-state index contributed by atoms with van der Waals surface area (Å²) in [6.45, 7) is 0.355. The smallest absolute Gasteiger partial charge is 0.326 e. The van der Waals surface area contributed by atoms with Crippen molar-refractivity contribution in [1.29, 1.82) is 0 Å². The Kier molecular flexibility index (Phi) is 2.13. The van der Waals surface area contributed by atoms with Gasteiger partial charge in [-0.15, -0.1) is 0 Å². The minimum Gasteiger partial charge on any atom is -0.371 e. The molecule has 0 radical (unpaired) electrons. The van der Waals surface area contributed by atoms with Gasteiger partial charge in [-0.05, 0) is 12.1 Å². The summed E-state index contributed by atoms with van der Waals surface area (Å²) in [6, 6.07) is 9.01. The fraction of sp³-hybridized carbons (Fsp3) is 0.300. The molecule has 2 rings (SSSR count). The van der Waals surface area contributed by atoms with Crippen LogP contribution in [0, 0.1) is 0 Å². The molecule has 1 aromatic rings. The van der Waals surface area contributed by atoms with E-state index in [4.69, 9.17) is 0 Å². The molecule has 1 heterocycles. The predicted octanol–water partition coefficient (Wildman–Crippen LogP) is 0.877. The van der Waals surface area contributed by atoms with E-state index in [1.807, 2.05) is 18.2 Å². The number of para-hydroxylation sites is 1. The highest BCUT2D eigenvalue weighted by molar-refractivity contribution is 5.94. The van der Waals surface area contributed by atoms with E-state index in [1.165, 1.54) is 9.80 Å². The van der Waals surface area contributed by atoms with E-state index in [9.17, 15) is 9.90 Å². The Hall–Kier alpha value is -1.55. The largest absolute Gasteiger partial charge is 0.371 e. The number of hydrogen-bond donors (Lipinski definition) is 1. The third-order valence-electron chi connectivity index (χ3n) is 2.30. The zero-order valence-electron chi connectivity index (χ0n) is 7.92. The molecule has 1 aliphatic rings. The molecule has 0 aromatic heterocycles. The molecule has 1 atom stereocenters. The molecule has 1 aromatic carbocycles. The number of urea groups is 1. The van der Waals surface area contributed by atoms with Gasteiger partial charge >= 0.3 is 6.03 Å². The number of aliphatic hydroxyl groups is 1. The molecule has 2 amide bonds. The van der Waals surface area contributed by atoms with Gasteiger partial charge < -0.3 is 10.0 Å². The van der Waals surface area contributed by atoms with Crippen molar-refractivity contribution < 1.29 is 9.90 Å². The Balaban J connectivity index is 2.31. The summed E-state index contributed by atoms with van der Waals surface area (Å²) in [7, 11) is 1.68. The summed E-state index contributed by atoms with van der Waals surface area (Å²) >= 11 is 0. The monoisotopic (exact) mass is 192 g/mol. The maximum atomic E-state index is 11.6. The Morgan fingerprint density at radius 1 is 1.36 bits per heavy atom. The average Bonchev–Trinajstić information content (AvgIpc) is 2.43. The van der Waals surface area contributed by atoms with Gasteiger partial charge in [0.25, 0.3) is 0 Å². The highest BCUT2D eigenvalue weighted by Gasteiger charge is 2.34. The molecule has 1 fully saturated rings. The van der Waals surface area contributed by atoms with Crippen LogP contribution in [-0.2, 0) is 0 Å². The van der Waals surface area contributed by atoms with Crippen LogP contribution >= 0.6 is 0 Å². The summed E-state index contributed by atoms with van der Waals surface area (Å²) in [5.41, 5.74) is 0.731. The molecular formula is C10H12N2O2. The Bertz CT molecular complexity index is 339. The summed E-state index contributed by atoms with van der Waals surface area (Å²) < 4.78 is 0. The topological polar surface area (TPSA) is 43.8 Å². The zero-order chi connectivity index (χ0) is 10.1. The number of nitrogens with zero attached hydrogens (tertiary/aromatic N) is 2. The molecule has 74 valence electrons. The third-order valence-corrected chi connectivity index (χ3v) is 2.30. The van der Waals surface area contributed by atoms with Crippen LogP contribution in [0.2, 0.25) is 0 Å². The number of aliphatic hydroxyl groups excluding tert-OH is 1. The van der Waals surface area contributed by atoms with Crippen LogP contribution in [0.15, 0.2) is 30.3 Å². The molecule has 1 unspecified atom stereocenters. The number of hydrogen-bond acceptors (Lipinski definition) is 2. The highest BCUT2D eigenvalue weighted by Crippen LogP contribution is 2.21. The lowest BCUT2D eigenvalue weighted by Crippen LogP contribution is -2.34. The highest BCUT2D eigenvalue weighted by atomic mass is 16.3. The average molecular weight is 192 g/mol. The number of likely N-dealkylation sites (N-methyl/N-ethyl adjacent to an activating group) is 1.